The lowest BCUT2D eigenvalue weighted by molar-refractivity contribution is 0.736. The van der Waals surface area contributed by atoms with Gasteiger partial charge in [0.1, 0.15) is 0 Å². The minimum atomic E-state index is 0.192. The summed E-state index contributed by atoms with van der Waals surface area (Å²) in [7, 11) is 0. The second kappa shape index (κ2) is 4.44. The van der Waals surface area contributed by atoms with Crippen molar-refractivity contribution in [1.82, 2.24) is 0 Å². The lowest BCUT2D eigenvalue weighted by atomic mass is 10.1. The first kappa shape index (κ1) is 10.3. The second-order valence-corrected chi connectivity index (χ2v) is 4.38. The SMILES string of the molecule is C[C@H](N)Cc1cccc(Cl)c1I. The Morgan fingerprint density at radius 1 is 1.58 bits per heavy atom. The van der Waals surface area contributed by atoms with Gasteiger partial charge in [0.15, 0.2) is 0 Å². The molecule has 1 aromatic rings. The van der Waals surface area contributed by atoms with Gasteiger partial charge in [-0.1, -0.05) is 23.7 Å². The van der Waals surface area contributed by atoms with Crippen LogP contribution in [0.25, 0.3) is 0 Å². The van der Waals surface area contributed by atoms with E-state index in [0.29, 0.717) is 0 Å². The Hall–Kier alpha value is 0.200. The zero-order valence-electron chi connectivity index (χ0n) is 6.85. The highest BCUT2D eigenvalue weighted by Crippen LogP contribution is 2.22. The Morgan fingerprint density at radius 3 is 2.83 bits per heavy atom. The summed E-state index contributed by atoms with van der Waals surface area (Å²) < 4.78 is 1.12. The summed E-state index contributed by atoms with van der Waals surface area (Å²) in [6.07, 6.45) is 0.888. The van der Waals surface area contributed by atoms with E-state index in [2.05, 4.69) is 28.7 Å². The number of hydrogen-bond acceptors (Lipinski definition) is 1. The summed E-state index contributed by atoms with van der Waals surface area (Å²) in [6, 6.07) is 6.12. The van der Waals surface area contributed by atoms with Crippen molar-refractivity contribution in [2.45, 2.75) is 19.4 Å². The van der Waals surface area contributed by atoms with Gasteiger partial charge in [0.25, 0.3) is 0 Å². The molecule has 0 heterocycles. The lowest BCUT2D eigenvalue weighted by Gasteiger charge is -2.08. The Morgan fingerprint density at radius 2 is 2.25 bits per heavy atom. The van der Waals surface area contributed by atoms with E-state index in [1.807, 2.05) is 19.1 Å². The third kappa shape index (κ3) is 2.61. The number of hydrogen-bond donors (Lipinski definition) is 1. The molecule has 1 aromatic carbocycles. The smallest absolute Gasteiger partial charge is 0.0542 e. The van der Waals surface area contributed by atoms with Crippen LogP contribution in [0.15, 0.2) is 18.2 Å². The summed E-state index contributed by atoms with van der Waals surface area (Å²) in [5, 5.41) is 0.814. The number of nitrogens with two attached hydrogens (primary N) is 1. The zero-order chi connectivity index (χ0) is 9.14. The van der Waals surface area contributed by atoms with Crippen molar-refractivity contribution in [3.63, 3.8) is 0 Å². The van der Waals surface area contributed by atoms with E-state index < -0.39 is 0 Å². The first-order valence-electron chi connectivity index (χ1n) is 3.79. The molecule has 3 heteroatoms. The van der Waals surface area contributed by atoms with Gasteiger partial charge in [-0.3, -0.25) is 0 Å². The second-order valence-electron chi connectivity index (χ2n) is 2.89. The highest BCUT2D eigenvalue weighted by atomic mass is 127. The fourth-order valence-electron chi connectivity index (χ4n) is 1.05. The first-order chi connectivity index (χ1) is 5.61. The lowest BCUT2D eigenvalue weighted by Crippen LogP contribution is -2.18. The van der Waals surface area contributed by atoms with E-state index in [1.54, 1.807) is 0 Å². The van der Waals surface area contributed by atoms with Crippen LogP contribution in [-0.4, -0.2) is 6.04 Å². The Labute approximate surface area is 91.4 Å². The molecule has 0 saturated carbocycles. The minimum Gasteiger partial charge on any atom is -0.328 e. The predicted octanol–water partition coefficient (Wildman–Crippen LogP) is 2.83. The minimum absolute atomic E-state index is 0.192. The van der Waals surface area contributed by atoms with Crippen LogP contribution in [-0.2, 0) is 6.42 Å². The highest BCUT2D eigenvalue weighted by Gasteiger charge is 2.04. The Bertz CT molecular complexity index is 273. The predicted molar refractivity (Wildman–Crippen MR) is 61.5 cm³/mol. The van der Waals surface area contributed by atoms with Crippen molar-refractivity contribution in [1.29, 1.82) is 0 Å². The van der Waals surface area contributed by atoms with E-state index in [9.17, 15) is 0 Å². The van der Waals surface area contributed by atoms with E-state index >= 15 is 0 Å². The summed E-state index contributed by atoms with van der Waals surface area (Å²) in [4.78, 5) is 0. The molecule has 0 saturated heterocycles. The van der Waals surface area contributed by atoms with Gasteiger partial charge in [0, 0.05) is 9.61 Å². The van der Waals surface area contributed by atoms with Gasteiger partial charge in [-0.05, 0) is 47.6 Å². The van der Waals surface area contributed by atoms with Gasteiger partial charge >= 0.3 is 0 Å². The first-order valence-corrected chi connectivity index (χ1v) is 5.25. The van der Waals surface area contributed by atoms with Crippen molar-refractivity contribution in [3.05, 3.63) is 32.4 Å². The maximum absolute atomic E-state index is 5.95. The number of halogens is 2. The summed E-state index contributed by atoms with van der Waals surface area (Å²) in [5.74, 6) is 0. The van der Waals surface area contributed by atoms with Crippen LogP contribution in [0.2, 0.25) is 5.02 Å². The zero-order valence-corrected chi connectivity index (χ0v) is 9.76. The molecule has 0 aliphatic carbocycles. The maximum atomic E-state index is 5.95. The third-order valence-electron chi connectivity index (χ3n) is 1.57. The number of benzene rings is 1. The van der Waals surface area contributed by atoms with Gasteiger partial charge in [-0.15, -0.1) is 0 Å². The summed E-state index contributed by atoms with van der Waals surface area (Å²) in [5.41, 5.74) is 6.93. The molecule has 0 spiro atoms. The molecule has 0 aromatic heterocycles. The van der Waals surface area contributed by atoms with E-state index in [0.717, 1.165) is 15.0 Å². The van der Waals surface area contributed by atoms with Crippen molar-refractivity contribution < 1.29 is 0 Å². The molecule has 66 valence electrons. The van der Waals surface area contributed by atoms with Gasteiger partial charge in [-0.2, -0.15) is 0 Å². The monoisotopic (exact) mass is 295 g/mol. The number of rotatable bonds is 2. The molecule has 1 nitrogen and oxygen atoms in total. The van der Waals surface area contributed by atoms with Crippen molar-refractivity contribution in [2.24, 2.45) is 5.73 Å². The standard InChI is InChI=1S/C9H11ClIN/c1-6(12)5-7-3-2-4-8(10)9(7)11/h2-4,6H,5,12H2,1H3/t6-/m0/s1. The van der Waals surface area contributed by atoms with Crippen molar-refractivity contribution >= 4 is 34.2 Å². The molecule has 2 N–H and O–H groups in total. The van der Waals surface area contributed by atoms with Gasteiger partial charge in [0.2, 0.25) is 0 Å². The highest BCUT2D eigenvalue weighted by molar-refractivity contribution is 14.1. The molecule has 1 rings (SSSR count). The molecule has 0 unspecified atom stereocenters. The molecule has 0 fully saturated rings. The molecule has 12 heavy (non-hydrogen) atoms. The van der Waals surface area contributed by atoms with Gasteiger partial charge in [-0.25, -0.2) is 0 Å². The Balaban J connectivity index is 2.92. The molecular formula is C9H11ClIN. The van der Waals surface area contributed by atoms with Gasteiger partial charge < -0.3 is 5.73 Å². The van der Waals surface area contributed by atoms with Gasteiger partial charge in [0.05, 0.1) is 5.02 Å². The Kier molecular flexibility index (Phi) is 3.80. The van der Waals surface area contributed by atoms with Crippen LogP contribution < -0.4 is 5.73 Å². The molecule has 0 radical (unpaired) electrons. The third-order valence-corrected chi connectivity index (χ3v) is 3.48. The average molecular weight is 296 g/mol. The van der Waals surface area contributed by atoms with Crippen molar-refractivity contribution in [3.8, 4) is 0 Å². The van der Waals surface area contributed by atoms with Crippen LogP contribution in [0, 0.1) is 3.57 Å². The molecular weight excluding hydrogens is 284 g/mol. The quantitative estimate of drug-likeness (QED) is 0.834. The molecule has 0 bridgehead atoms. The fraction of sp³-hybridized carbons (Fsp3) is 0.333. The van der Waals surface area contributed by atoms with Crippen LogP contribution in [0.1, 0.15) is 12.5 Å². The van der Waals surface area contributed by atoms with Crippen LogP contribution in [0.4, 0.5) is 0 Å². The van der Waals surface area contributed by atoms with Crippen LogP contribution in [0.3, 0.4) is 0 Å². The molecule has 1 atom stereocenters. The van der Waals surface area contributed by atoms with E-state index in [1.165, 1.54) is 5.56 Å². The maximum Gasteiger partial charge on any atom is 0.0542 e. The normalized spacial score (nSPS) is 13.0. The molecule has 0 aliphatic rings. The molecule has 0 amide bonds. The average Bonchev–Trinajstić information content (AvgIpc) is 1.98. The van der Waals surface area contributed by atoms with Crippen LogP contribution in [0.5, 0.6) is 0 Å². The molecule has 0 aliphatic heterocycles. The van der Waals surface area contributed by atoms with Crippen LogP contribution >= 0.6 is 34.2 Å². The summed E-state index contributed by atoms with van der Waals surface area (Å²) >= 11 is 8.20. The topological polar surface area (TPSA) is 26.0 Å². The van der Waals surface area contributed by atoms with E-state index in [4.69, 9.17) is 17.3 Å². The largest absolute Gasteiger partial charge is 0.328 e. The summed E-state index contributed by atoms with van der Waals surface area (Å²) in [6.45, 7) is 2.00. The fourth-order valence-corrected chi connectivity index (χ4v) is 1.83. The van der Waals surface area contributed by atoms with E-state index in [-0.39, 0.29) is 6.04 Å². The van der Waals surface area contributed by atoms with Crippen molar-refractivity contribution in [2.75, 3.05) is 0 Å².